The molecule has 0 aliphatic carbocycles. The van der Waals surface area contributed by atoms with Gasteiger partial charge in [0, 0.05) is 17.5 Å². The predicted molar refractivity (Wildman–Crippen MR) is 66.4 cm³/mol. The van der Waals surface area contributed by atoms with Crippen LogP contribution in [-0.4, -0.2) is 35.2 Å². The van der Waals surface area contributed by atoms with Gasteiger partial charge in [-0.25, -0.2) is 8.42 Å². The highest BCUT2D eigenvalue weighted by Crippen LogP contribution is 2.21. The number of hydrogen-bond acceptors (Lipinski definition) is 6. The summed E-state index contributed by atoms with van der Waals surface area (Å²) in [5, 5.41) is 7.69. The van der Waals surface area contributed by atoms with Crippen LogP contribution in [0.5, 0.6) is 0 Å². The topological polar surface area (TPSA) is 76.3 Å². The zero-order valence-electron chi connectivity index (χ0n) is 9.44. The van der Waals surface area contributed by atoms with E-state index in [0.29, 0.717) is 24.7 Å². The van der Waals surface area contributed by atoms with Gasteiger partial charge < -0.3 is 4.52 Å². The van der Waals surface area contributed by atoms with Crippen molar-refractivity contribution in [1.29, 1.82) is 0 Å². The smallest absolute Gasteiger partial charge is 0.242 e. The van der Waals surface area contributed by atoms with Gasteiger partial charge in [0.1, 0.15) is 0 Å². The molecule has 6 nitrogen and oxygen atoms in total. The largest absolute Gasteiger partial charge is 0.338 e. The van der Waals surface area contributed by atoms with Gasteiger partial charge >= 0.3 is 0 Å². The normalized spacial score (nSPS) is 19.3. The monoisotopic (exact) mass is 285 g/mol. The van der Waals surface area contributed by atoms with Crippen LogP contribution in [0.15, 0.2) is 21.3 Å². The van der Waals surface area contributed by atoms with Gasteiger partial charge in [-0.1, -0.05) is 5.16 Å². The first-order valence-electron chi connectivity index (χ1n) is 5.48. The summed E-state index contributed by atoms with van der Waals surface area (Å²) >= 11 is 1.55. The van der Waals surface area contributed by atoms with E-state index in [-0.39, 0.29) is 12.3 Å². The van der Waals surface area contributed by atoms with E-state index in [0.717, 1.165) is 5.56 Å². The Bertz CT molecular complexity index is 633. The number of nitrogens with zero attached hydrogens (tertiary/aromatic N) is 3. The van der Waals surface area contributed by atoms with Crippen LogP contribution in [-0.2, 0) is 16.6 Å². The second-order valence-corrected chi connectivity index (χ2v) is 6.90. The van der Waals surface area contributed by atoms with Crippen LogP contribution in [0.25, 0.3) is 11.4 Å². The van der Waals surface area contributed by atoms with E-state index in [1.807, 2.05) is 16.8 Å². The Morgan fingerprint density at radius 2 is 2.39 bits per heavy atom. The zero-order valence-corrected chi connectivity index (χ0v) is 11.1. The fourth-order valence-electron chi connectivity index (χ4n) is 1.85. The first-order valence-corrected chi connectivity index (χ1v) is 8.03. The molecule has 0 aromatic carbocycles. The second-order valence-electron chi connectivity index (χ2n) is 4.03. The molecule has 18 heavy (non-hydrogen) atoms. The van der Waals surface area contributed by atoms with E-state index in [1.54, 1.807) is 11.3 Å². The van der Waals surface area contributed by atoms with Crippen molar-refractivity contribution < 1.29 is 12.9 Å². The van der Waals surface area contributed by atoms with Crippen LogP contribution in [0.2, 0.25) is 0 Å². The number of rotatable bonds is 3. The minimum Gasteiger partial charge on any atom is -0.338 e. The summed E-state index contributed by atoms with van der Waals surface area (Å²) in [7, 11) is -3.12. The molecule has 0 atom stereocenters. The molecule has 2 aromatic heterocycles. The van der Waals surface area contributed by atoms with Crippen LogP contribution in [0.3, 0.4) is 0 Å². The molecule has 0 saturated carbocycles. The maximum atomic E-state index is 11.6. The third-order valence-electron chi connectivity index (χ3n) is 2.76. The Morgan fingerprint density at radius 1 is 1.50 bits per heavy atom. The average Bonchev–Trinajstić information content (AvgIpc) is 3.02. The molecule has 3 heterocycles. The fourth-order valence-corrected chi connectivity index (χ4v) is 3.95. The van der Waals surface area contributed by atoms with Crippen molar-refractivity contribution in [3.63, 3.8) is 0 Å². The van der Waals surface area contributed by atoms with E-state index >= 15 is 0 Å². The second kappa shape index (κ2) is 4.45. The first kappa shape index (κ1) is 11.8. The van der Waals surface area contributed by atoms with E-state index in [2.05, 4.69) is 10.1 Å². The molecule has 1 aliphatic heterocycles. The summed E-state index contributed by atoms with van der Waals surface area (Å²) in [6, 6.07) is 1.89. The highest BCUT2D eigenvalue weighted by atomic mass is 32.2. The summed E-state index contributed by atoms with van der Waals surface area (Å²) in [5.41, 5.74) is 0.888. The van der Waals surface area contributed by atoms with Gasteiger partial charge in [-0.3, -0.25) is 0 Å². The van der Waals surface area contributed by atoms with Crippen LogP contribution < -0.4 is 0 Å². The standard InChI is InChI=1S/C10H11N3O3S2/c14-18(15)5-1-3-13(18)6-9-11-10(12-16-9)8-2-4-17-7-8/h2,4,7H,1,3,5-6H2. The molecule has 2 aromatic rings. The third kappa shape index (κ3) is 2.18. The van der Waals surface area contributed by atoms with Gasteiger partial charge in [-0.15, -0.1) is 0 Å². The summed E-state index contributed by atoms with van der Waals surface area (Å²) in [6.07, 6.45) is 0.661. The molecule has 96 valence electrons. The SMILES string of the molecule is O=S1(=O)CCCN1Cc1nc(-c2ccsc2)no1. The van der Waals surface area contributed by atoms with E-state index in [9.17, 15) is 8.42 Å². The van der Waals surface area contributed by atoms with E-state index in [4.69, 9.17) is 4.52 Å². The lowest BCUT2D eigenvalue weighted by Gasteiger charge is -2.10. The van der Waals surface area contributed by atoms with E-state index in [1.165, 1.54) is 4.31 Å². The zero-order chi connectivity index (χ0) is 12.6. The molecule has 0 radical (unpaired) electrons. The van der Waals surface area contributed by atoms with Crippen LogP contribution in [0.4, 0.5) is 0 Å². The number of aromatic nitrogens is 2. The van der Waals surface area contributed by atoms with Crippen molar-refractivity contribution in [3.8, 4) is 11.4 Å². The lowest BCUT2D eigenvalue weighted by atomic mass is 10.3. The van der Waals surface area contributed by atoms with Crippen molar-refractivity contribution in [2.24, 2.45) is 0 Å². The summed E-state index contributed by atoms with van der Waals surface area (Å²) < 4.78 is 29.7. The Labute approximate surface area is 108 Å². The molecule has 8 heteroatoms. The van der Waals surface area contributed by atoms with Crippen LogP contribution in [0.1, 0.15) is 12.3 Å². The molecule has 0 N–H and O–H groups in total. The van der Waals surface area contributed by atoms with Crippen LogP contribution in [0, 0.1) is 0 Å². The molecule has 0 amide bonds. The number of thiophene rings is 1. The molecule has 1 saturated heterocycles. The third-order valence-corrected chi connectivity index (χ3v) is 5.35. The van der Waals surface area contributed by atoms with Crippen molar-refractivity contribution in [1.82, 2.24) is 14.4 Å². The van der Waals surface area contributed by atoms with Crippen molar-refractivity contribution in [2.75, 3.05) is 12.3 Å². The number of hydrogen-bond donors (Lipinski definition) is 0. The van der Waals surface area contributed by atoms with Gasteiger partial charge in [-0.05, 0) is 17.9 Å². The first-order chi connectivity index (χ1) is 8.65. The summed E-state index contributed by atoms with van der Waals surface area (Å²) in [5.74, 6) is 1.04. The minimum atomic E-state index is -3.12. The van der Waals surface area contributed by atoms with Crippen molar-refractivity contribution in [3.05, 3.63) is 22.7 Å². The minimum absolute atomic E-state index is 0.166. The Morgan fingerprint density at radius 3 is 3.06 bits per heavy atom. The summed E-state index contributed by atoms with van der Waals surface area (Å²) in [4.78, 5) is 4.20. The highest BCUT2D eigenvalue weighted by Gasteiger charge is 2.29. The van der Waals surface area contributed by atoms with E-state index < -0.39 is 10.0 Å². The maximum absolute atomic E-state index is 11.6. The summed E-state index contributed by atoms with van der Waals surface area (Å²) in [6.45, 7) is 0.692. The molecule has 0 unspecified atom stereocenters. The Hall–Kier alpha value is -1.25. The lowest BCUT2D eigenvalue weighted by molar-refractivity contribution is 0.326. The molecule has 1 fully saturated rings. The van der Waals surface area contributed by atoms with Gasteiger partial charge in [-0.2, -0.15) is 20.6 Å². The van der Waals surface area contributed by atoms with Gasteiger partial charge in [0.2, 0.25) is 21.7 Å². The highest BCUT2D eigenvalue weighted by molar-refractivity contribution is 7.89. The van der Waals surface area contributed by atoms with Gasteiger partial charge in [0.25, 0.3) is 0 Å². The lowest BCUT2D eigenvalue weighted by Crippen LogP contribution is -2.25. The molecular formula is C10H11N3O3S2. The van der Waals surface area contributed by atoms with Crippen molar-refractivity contribution >= 4 is 21.4 Å². The van der Waals surface area contributed by atoms with Crippen LogP contribution >= 0.6 is 11.3 Å². The maximum Gasteiger partial charge on any atom is 0.242 e. The average molecular weight is 285 g/mol. The number of sulfonamides is 1. The predicted octanol–water partition coefficient (Wildman–Crippen LogP) is 1.33. The molecular weight excluding hydrogens is 274 g/mol. The molecule has 1 aliphatic rings. The molecule has 3 rings (SSSR count). The van der Waals surface area contributed by atoms with Gasteiger partial charge in [0.05, 0.1) is 12.3 Å². The fraction of sp³-hybridized carbons (Fsp3) is 0.400. The Balaban J connectivity index is 1.79. The quantitative estimate of drug-likeness (QED) is 0.850. The van der Waals surface area contributed by atoms with Gasteiger partial charge in [0.15, 0.2) is 0 Å². The Kier molecular flexibility index (Phi) is 2.92. The molecule has 0 spiro atoms. The molecule has 0 bridgehead atoms. The van der Waals surface area contributed by atoms with Crippen molar-refractivity contribution in [2.45, 2.75) is 13.0 Å².